The number of carbonyl (C=O) groups is 2. The quantitative estimate of drug-likeness (QED) is 0.0885. The molecule has 1 saturated heterocycles. The maximum atomic E-state index is 11.9. The monoisotopic (exact) mass is 535 g/mol. The Bertz CT molecular complexity index is 1370. The van der Waals surface area contributed by atoms with Gasteiger partial charge in [0, 0.05) is 18.2 Å². The average molecular weight is 535 g/mol. The molecule has 0 amide bonds. The van der Waals surface area contributed by atoms with Gasteiger partial charge in [-0.25, -0.2) is 4.42 Å². The molecule has 202 valence electrons. The first-order valence-electron chi connectivity index (χ1n) is 11.0. The molecule has 38 heavy (non-hydrogen) atoms. The number of phenolic OH excluding ortho intramolecular Hbond substituents is 4. The van der Waals surface area contributed by atoms with Gasteiger partial charge in [0.2, 0.25) is 12.0 Å². The van der Waals surface area contributed by atoms with Crippen LogP contribution in [0.1, 0.15) is 6.42 Å². The third kappa shape index (κ3) is 5.33. The van der Waals surface area contributed by atoms with Crippen molar-refractivity contribution >= 4 is 22.9 Å². The predicted octanol–water partition coefficient (Wildman–Crippen LogP) is 0.408. The third-order valence-corrected chi connectivity index (χ3v) is 5.68. The Balaban J connectivity index is 1.77. The van der Waals surface area contributed by atoms with Crippen LogP contribution in [0.5, 0.6) is 28.7 Å². The summed E-state index contributed by atoms with van der Waals surface area (Å²) in [5.74, 6) is -4.86. The second-order valence-corrected chi connectivity index (χ2v) is 8.37. The van der Waals surface area contributed by atoms with E-state index in [4.69, 9.17) is 23.7 Å². The second-order valence-electron chi connectivity index (χ2n) is 8.37. The summed E-state index contributed by atoms with van der Waals surface area (Å²) < 4.78 is 21.9. The van der Waals surface area contributed by atoms with Crippen molar-refractivity contribution in [1.82, 2.24) is 0 Å². The maximum Gasteiger partial charge on any atom is 0.402 e. The Kier molecular flexibility index (Phi) is 7.41. The average Bonchev–Trinajstić information content (AvgIpc) is 2.84. The molecule has 3 aromatic rings. The van der Waals surface area contributed by atoms with E-state index in [-0.39, 0.29) is 33.8 Å². The molecule has 0 spiro atoms. The molecule has 0 aliphatic carbocycles. The van der Waals surface area contributed by atoms with E-state index in [1.807, 2.05) is 0 Å². The molecule has 8 N–H and O–H groups in total. The van der Waals surface area contributed by atoms with Crippen molar-refractivity contribution in [3.63, 3.8) is 0 Å². The van der Waals surface area contributed by atoms with Gasteiger partial charge < -0.3 is 55.1 Å². The lowest BCUT2D eigenvalue weighted by atomic mass is 9.99. The zero-order valence-corrected chi connectivity index (χ0v) is 19.3. The van der Waals surface area contributed by atoms with Gasteiger partial charge in [0.25, 0.3) is 0 Å². The highest BCUT2D eigenvalue weighted by Crippen LogP contribution is 2.42. The highest BCUT2D eigenvalue weighted by molar-refractivity contribution is 5.90. The maximum absolute atomic E-state index is 11.9. The Morgan fingerprint density at radius 2 is 1.68 bits per heavy atom. The molecule has 2 aromatic carbocycles. The molecule has 1 aliphatic heterocycles. The van der Waals surface area contributed by atoms with E-state index in [0.717, 1.165) is 18.2 Å². The van der Waals surface area contributed by atoms with Gasteiger partial charge in [-0.05, 0) is 12.1 Å². The van der Waals surface area contributed by atoms with Gasteiger partial charge in [0.05, 0.1) is 18.2 Å². The Labute approximate surface area is 212 Å². The molecule has 0 unspecified atom stereocenters. The lowest BCUT2D eigenvalue weighted by Gasteiger charge is -2.40. The van der Waals surface area contributed by atoms with Crippen molar-refractivity contribution in [3.05, 3.63) is 36.4 Å². The molecule has 5 atom stereocenters. The van der Waals surface area contributed by atoms with Crippen LogP contribution in [-0.4, -0.2) is 90.1 Å². The number of hydrogen-bond donors (Lipinski definition) is 8. The number of aliphatic hydroxyl groups excluding tert-OH is 3. The number of hydrogen-bond acceptors (Lipinski definition) is 12. The topological polar surface area (TPSA) is 235 Å². The van der Waals surface area contributed by atoms with Crippen LogP contribution in [0.15, 0.2) is 40.8 Å². The van der Waals surface area contributed by atoms with Crippen molar-refractivity contribution in [1.29, 1.82) is 0 Å². The van der Waals surface area contributed by atoms with Crippen LogP contribution < -0.4 is 4.74 Å². The summed E-state index contributed by atoms with van der Waals surface area (Å²) >= 11 is 0. The molecule has 0 saturated carbocycles. The fourth-order valence-electron chi connectivity index (χ4n) is 3.87. The van der Waals surface area contributed by atoms with E-state index in [1.165, 1.54) is 18.2 Å². The Hall–Kier alpha value is -4.37. The normalized spacial score (nSPS) is 23.2. The van der Waals surface area contributed by atoms with Crippen LogP contribution >= 0.6 is 0 Å². The molecule has 1 aliphatic rings. The number of benzene rings is 2. The van der Waals surface area contributed by atoms with Crippen LogP contribution in [0, 0.1) is 0 Å². The number of fused-ring (bicyclic) bond motifs is 1. The van der Waals surface area contributed by atoms with Gasteiger partial charge in [0.1, 0.15) is 35.5 Å². The summed E-state index contributed by atoms with van der Waals surface area (Å²) in [6.45, 7) is -0.804. The molecular weight excluding hydrogens is 512 g/mol. The van der Waals surface area contributed by atoms with Crippen molar-refractivity contribution < 1.29 is 69.1 Å². The summed E-state index contributed by atoms with van der Waals surface area (Å²) in [6.07, 6.45) is -9.66. The molecule has 14 heteroatoms. The van der Waals surface area contributed by atoms with Crippen molar-refractivity contribution in [2.24, 2.45) is 0 Å². The molecule has 1 aromatic heterocycles. The van der Waals surface area contributed by atoms with Gasteiger partial charge in [-0.15, -0.1) is 0 Å². The number of carbonyl (C=O) groups excluding carboxylic acids is 1. The van der Waals surface area contributed by atoms with E-state index >= 15 is 0 Å². The van der Waals surface area contributed by atoms with Crippen LogP contribution in [0.2, 0.25) is 0 Å². The highest BCUT2D eigenvalue weighted by atomic mass is 16.7. The number of carboxylic acid groups (broad SMARTS) is 1. The molecular formula is C24H23O14+. The molecule has 1 fully saturated rings. The van der Waals surface area contributed by atoms with Crippen LogP contribution in [-0.2, 0) is 19.1 Å². The Morgan fingerprint density at radius 1 is 0.947 bits per heavy atom. The number of rotatable bonds is 7. The van der Waals surface area contributed by atoms with E-state index < -0.39 is 72.9 Å². The summed E-state index contributed by atoms with van der Waals surface area (Å²) in [4.78, 5) is 22.7. The number of ether oxygens (including phenoxy) is 3. The minimum Gasteiger partial charge on any atom is -0.507 e. The molecule has 0 radical (unpaired) electrons. The SMILES string of the molecule is O=C(O)CC(=O)O[C@@H]1[C@@H](O)[C@H](Oc2cc3c(O)cc(O)cc3[o+]c2-c2ccc(O)c(O)c2)O[C@@H](CO)[C@H]1O. The lowest BCUT2D eigenvalue weighted by molar-refractivity contribution is -0.281. The number of aromatic hydroxyl groups is 4. The summed E-state index contributed by atoms with van der Waals surface area (Å²) in [5.41, 5.74) is 0.111. The zero-order chi connectivity index (χ0) is 27.7. The standard InChI is InChI=1S/C24H22O14/c25-8-17-20(33)23(38-19(32)7-18(30)31)21(34)24(37-17)36-16-6-11-13(28)4-10(26)5-15(11)35-22(16)9-1-2-12(27)14(29)3-9/h1-6,17,20-21,23-25,33-34H,7-8H2,(H4-,26,27,28,29,30,31)/p+1/t17-,20+,21+,23-,24+/m0/s1. The van der Waals surface area contributed by atoms with Crippen LogP contribution in [0.3, 0.4) is 0 Å². The van der Waals surface area contributed by atoms with E-state index in [9.17, 15) is 45.3 Å². The summed E-state index contributed by atoms with van der Waals surface area (Å²) in [5, 5.41) is 79.5. The van der Waals surface area contributed by atoms with Gasteiger partial charge >= 0.3 is 23.3 Å². The van der Waals surface area contributed by atoms with E-state index in [2.05, 4.69) is 0 Å². The number of aliphatic hydroxyl groups is 3. The minimum absolute atomic E-state index is 0.0216. The van der Waals surface area contributed by atoms with Crippen molar-refractivity contribution in [2.45, 2.75) is 37.1 Å². The summed E-state index contributed by atoms with van der Waals surface area (Å²) in [6, 6.07) is 7.05. The third-order valence-electron chi connectivity index (χ3n) is 5.68. The lowest BCUT2D eigenvalue weighted by Crippen LogP contribution is -2.61. The summed E-state index contributed by atoms with van der Waals surface area (Å²) in [7, 11) is 0. The number of aliphatic carboxylic acids is 1. The zero-order valence-electron chi connectivity index (χ0n) is 19.3. The number of carboxylic acids is 1. The van der Waals surface area contributed by atoms with Gasteiger partial charge in [-0.1, -0.05) is 0 Å². The largest absolute Gasteiger partial charge is 0.507 e. The molecule has 0 bridgehead atoms. The highest BCUT2D eigenvalue weighted by Gasteiger charge is 2.48. The van der Waals surface area contributed by atoms with Gasteiger partial charge in [-0.2, -0.15) is 0 Å². The molecule has 4 rings (SSSR count). The van der Waals surface area contributed by atoms with Crippen LogP contribution in [0.25, 0.3) is 22.3 Å². The first kappa shape index (κ1) is 26.7. The van der Waals surface area contributed by atoms with Crippen molar-refractivity contribution in [3.8, 4) is 40.1 Å². The van der Waals surface area contributed by atoms with Crippen molar-refractivity contribution in [2.75, 3.05) is 6.61 Å². The number of phenols is 4. The van der Waals surface area contributed by atoms with E-state index in [0.29, 0.717) is 0 Å². The molecule has 14 nitrogen and oxygen atoms in total. The first-order valence-corrected chi connectivity index (χ1v) is 11.0. The fraction of sp³-hybridized carbons (Fsp3) is 0.292. The van der Waals surface area contributed by atoms with Gasteiger partial charge in [-0.3, -0.25) is 9.59 Å². The Morgan fingerprint density at radius 3 is 2.34 bits per heavy atom. The second kappa shape index (κ2) is 10.5. The predicted molar refractivity (Wildman–Crippen MR) is 123 cm³/mol. The van der Waals surface area contributed by atoms with Crippen LogP contribution in [0.4, 0.5) is 0 Å². The fourth-order valence-corrected chi connectivity index (χ4v) is 3.87. The van der Waals surface area contributed by atoms with E-state index in [1.54, 1.807) is 0 Å². The number of esters is 1. The first-order chi connectivity index (χ1) is 18.0. The molecule has 2 heterocycles. The van der Waals surface area contributed by atoms with Gasteiger partial charge in [0.15, 0.2) is 23.7 Å². The smallest absolute Gasteiger partial charge is 0.402 e. The minimum atomic E-state index is -1.91.